The molecule has 0 radical (unpaired) electrons. The van der Waals surface area contributed by atoms with Crippen molar-refractivity contribution in [3.8, 4) is 28.6 Å². The largest absolute Gasteiger partial charge is 0.493 e. The fourth-order valence-electron chi connectivity index (χ4n) is 2.52. The highest BCUT2D eigenvalue weighted by atomic mass is 35.5. The van der Waals surface area contributed by atoms with E-state index in [0.717, 1.165) is 5.56 Å². The van der Waals surface area contributed by atoms with Crippen molar-refractivity contribution in [2.75, 3.05) is 14.2 Å². The lowest BCUT2D eigenvalue weighted by atomic mass is 10.2. The maximum absolute atomic E-state index is 12.1. The van der Waals surface area contributed by atoms with Crippen LogP contribution in [0.5, 0.6) is 17.2 Å². The Hall–Kier alpha value is -3.06. The smallest absolute Gasteiger partial charge is 0.311 e. The number of hydrogen-bond donors (Lipinski definition) is 0. The molecule has 2 aromatic carbocycles. The summed E-state index contributed by atoms with van der Waals surface area (Å²) in [7, 11) is 3.11. The number of methoxy groups -OCH3 is 2. The lowest BCUT2D eigenvalue weighted by Crippen LogP contribution is -2.09. The van der Waals surface area contributed by atoms with Gasteiger partial charge in [-0.1, -0.05) is 22.8 Å². The second-order valence-electron chi connectivity index (χ2n) is 5.99. The third-order valence-electron chi connectivity index (χ3n) is 3.96. The van der Waals surface area contributed by atoms with E-state index < -0.39 is 5.97 Å². The molecule has 0 atom stereocenters. The van der Waals surface area contributed by atoms with Gasteiger partial charge in [0.1, 0.15) is 5.75 Å². The van der Waals surface area contributed by atoms with E-state index in [1.165, 1.54) is 0 Å². The summed E-state index contributed by atoms with van der Waals surface area (Å²) < 4.78 is 21.0. The highest BCUT2D eigenvalue weighted by Gasteiger charge is 2.15. The van der Waals surface area contributed by atoms with Crippen LogP contribution in [0.25, 0.3) is 11.4 Å². The molecule has 3 aromatic rings. The summed E-state index contributed by atoms with van der Waals surface area (Å²) in [5, 5.41) is 4.33. The van der Waals surface area contributed by atoms with Gasteiger partial charge in [0.15, 0.2) is 11.5 Å². The molecular weight excluding hydrogens is 384 g/mol. The van der Waals surface area contributed by atoms with E-state index in [1.807, 2.05) is 13.0 Å². The zero-order valence-corrected chi connectivity index (χ0v) is 16.4. The first kappa shape index (κ1) is 19.7. The number of hydrogen-bond acceptors (Lipinski definition) is 7. The molecule has 0 aliphatic carbocycles. The number of ether oxygens (including phenoxy) is 3. The van der Waals surface area contributed by atoms with Crippen LogP contribution in [0.3, 0.4) is 0 Å². The quantitative estimate of drug-likeness (QED) is 0.431. The van der Waals surface area contributed by atoms with Gasteiger partial charge in [0.25, 0.3) is 0 Å². The molecule has 0 saturated carbocycles. The van der Waals surface area contributed by atoms with Crippen molar-refractivity contribution in [2.24, 2.45) is 0 Å². The van der Waals surface area contributed by atoms with E-state index in [4.69, 9.17) is 30.3 Å². The average Bonchev–Trinajstić information content (AvgIpc) is 3.17. The Balaban J connectivity index is 1.63. The van der Waals surface area contributed by atoms with Gasteiger partial charge in [0.2, 0.25) is 11.7 Å². The molecule has 1 heterocycles. The van der Waals surface area contributed by atoms with Crippen molar-refractivity contribution in [1.29, 1.82) is 0 Å². The molecule has 1 aromatic heterocycles. The molecule has 7 nitrogen and oxygen atoms in total. The Morgan fingerprint density at radius 2 is 1.86 bits per heavy atom. The van der Waals surface area contributed by atoms with Gasteiger partial charge < -0.3 is 18.7 Å². The minimum Gasteiger partial charge on any atom is -0.493 e. The Morgan fingerprint density at radius 1 is 1.07 bits per heavy atom. The number of rotatable bonds is 7. The van der Waals surface area contributed by atoms with Crippen molar-refractivity contribution in [1.82, 2.24) is 10.1 Å². The lowest BCUT2D eigenvalue weighted by Gasteiger charge is -2.07. The van der Waals surface area contributed by atoms with E-state index in [2.05, 4.69) is 10.1 Å². The van der Waals surface area contributed by atoms with Gasteiger partial charge in [0, 0.05) is 12.0 Å². The molecule has 0 aliphatic heterocycles. The molecular formula is C20H19ClN2O5. The van der Waals surface area contributed by atoms with Crippen molar-refractivity contribution in [2.45, 2.75) is 19.8 Å². The summed E-state index contributed by atoms with van der Waals surface area (Å²) in [5.41, 5.74) is 1.66. The van der Waals surface area contributed by atoms with Gasteiger partial charge >= 0.3 is 5.97 Å². The van der Waals surface area contributed by atoms with Crippen LogP contribution in [0.15, 0.2) is 40.9 Å². The van der Waals surface area contributed by atoms with Crippen molar-refractivity contribution in [3.05, 3.63) is 52.9 Å². The number of nitrogens with zero attached hydrogens (tertiary/aromatic N) is 2. The van der Waals surface area contributed by atoms with Crippen LogP contribution in [-0.2, 0) is 11.2 Å². The highest BCUT2D eigenvalue weighted by molar-refractivity contribution is 6.32. The summed E-state index contributed by atoms with van der Waals surface area (Å²) in [6, 6.07) is 10.5. The topological polar surface area (TPSA) is 83.7 Å². The van der Waals surface area contributed by atoms with Crippen molar-refractivity contribution >= 4 is 17.6 Å². The number of benzene rings is 2. The molecule has 0 saturated heterocycles. The monoisotopic (exact) mass is 402 g/mol. The van der Waals surface area contributed by atoms with E-state index >= 15 is 0 Å². The van der Waals surface area contributed by atoms with E-state index in [9.17, 15) is 4.79 Å². The molecule has 0 amide bonds. The minimum absolute atomic E-state index is 0.0812. The predicted octanol–water partition coefficient (Wildman–Crippen LogP) is 4.25. The van der Waals surface area contributed by atoms with Gasteiger partial charge in [-0.2, -0.15) is 4.98 Å². The fourth-order valence-corrected chi connectivity index (χ4v) is 2.68. The number of carbonyl (C=O) groups excluding carboxylic acids is 1. The molecule has 0 aliphatic rings. The van der Waals surface area contributed by atoms with Crippen LogP contribution in [0.2, 0.25) is 5.02 Å². The van der Waals surface area contributed by atoms with Gasteiger partial charge in [0.05, 0.1) is 25.7 Å². The summed E-state index contributed by atoms with van der Waals surface area (Å²) in [4.78, 5) is 16.4. The van der Waals surface area contributed by atoms with Gasteiger partial charge in [-0.3, -0.25) is 4.79 Å². The maximum atomic E-state index is 12.1. The van der Waals surface area contributed by atoms with Crippen molar-refractivity contribution < 1.29 is 23.5 Å². The van der Waals surface area contributed by atoms with E-state index in [-0.39, 0.29) is 12.8 Å². The number of carbonyl (C=O) groups is 1. The second-order valence-corrected chi connectivity index (χ2v) is 6.40. The zero-order valence-electron chi connectivity index (χ0n) is 15.7. The number of aromatic nitrogens is 2. The third kappa shape index (κ3) is 4.61. The maximum Gasteiger partial charge on any atom is 0.311 e. The fraction of sp³-hybridized carbons (Fsp3) is 0.250. The summed E-state index contributed by atoms with van der Waals surface area (Å²) in [6.07, 6.45) is 0.334. The van der Waals surface area contributed by atoms with E-state index in [1.54, 1.807) is 44.6 Å². The predicted molar refractivity (Wildman–Crippen MR) is 103 cm³/mol. The average molecular weight is 403 g/mol. The SMILES string of the molecule is COc1ccc(-c2noc(CCC(=O)Oc3cc(C)ccc3Cl)n2)cc1OC. The molecule has 0 unspecified atom stereocenters. The van der Waals surface area contributed by atoms with Crippen LogP contribution in [-0.4, -0.2) is 30.3 Å². The summed E-state index contributed by atoms with van der Waals surface area (Å²) in [5.74, 6) is 1.79. The third-order valence-corrected chi connectivity index (χ3v) is 4.28. The molecule has 0 N–H and O–H groups in total. The number of halogens is 1. The van der Waals surface area contributed by atoms with Crippen LogP contribution < -0.4 is 14.2 Å². The molecule has 28 heavy (non-hydrogen) atoms. The van der Waals surface area contributed by atoms with Gasteiger partial charge in [-0.25, -0.2) is 0 Å². The number of esters is 1. The van der Waals surface area contributed by atoms with Crippen LogP contribution >= 0.6 is 11.6 Å². The van der Waals surface area contributed by atoms with Crippen LogP contribution in [0, 0.1) is 6.92 Å². The Labute approximate surface area is 167 Å². The number of aryl methyl sites for hydroxylation is 2. The highest BCUT2D eigenvalue weighted by Crippen LogP contribution is 2.31. The van der Waals surface area contributed by atoms with Crippen LogP contribution in [0.1, 0.15) is 17.9 Å². The first-order valence-corrected chi connectivity index (χ1v) is 8.89. The normalized spacial score (nSPS) is 10.6. The van der Waals surface area contributed by atoms with Crippen LogP contribution in [0.4, 0.5) is 0 Å². The second kappa shape index (κ2) is 8.75. The molecule has 0 spiro atoms. The Morgan fingerprint density at radius 3 is 2.61 bits per heavy atom. The lowest BCUT2D eigenvalue weighted by molar-refractivity contribution is -0.134. The molecule has 146 valence electrons. The molecule has 8 heteroatoms. The standard InChI is InChI=1S/C20H19ClN2O5/c1-12-4-6-14(21)16(10-12)27-19(24)9-8-18-22-20(23-28-18)13-5-7-15(25-2)17(11-13)26-3/h4-7,10-11H,8-9H2,1-3H3. The first-order valence-electron chi connectivity index (χ1n) is 8.52. The Bertz CT molecular complexity index is 986. The zero-order chi connectivity index (χ0) is 20.1. The first-order chi connectivity index (χ1) is 13.5. The van der Waals surface area contributed by atoms with Gasteiger partial charge in [-0.15, -0.1) is 0 Å². The molecule has 0 bridgehead atoms. The van der Waals surface area contributed by atoms with E-state index in [0.29, 0.717) is 39.5 Å². The summed E-state index contributed by atoms with van der Waals surface area (Å²) >= 11 is 6.04. The molecule has 3 rings (SSSR count). The minimum atomic E-state index is -0.432. The van der Waals surface area contributed by atoms with Gasteiger partial charge in [-0.05, 0) is 42.8 Å². The summed E-state index contributed by atoms with van der Waals surface area (Å²) in [6.45, 7) is 1.89. The van der Waals surface area contributed by atoms with Crippen molar-refractivity contribution in [3.63, 3.8) is 0 Å². The Kier molecular flexibility index (Phi) is 6.16. The molecule has 0 fully saturated rings.